The lowest BCUT2D eigenvalue weighted by Gasteiger charge is -2.31. The Morgan fingerprint density at radius 1 is 0.872 bits per heavy atom. The predicted octanol–water partition coefficient (Wildman–Crippen LogP) is 2.89. The van der Waals surface area contributed by atoms with Crippen molar-refractivity contribution in [2.24, 2.45) is 0 Å². The minimum absolute atomic E-state index is 0.0206. The summed E-state index contributed by atoms with van der Waals surface area (Å²) in [5.74, 6) is -0.635. The summed E-state index contributed by atoms with van der Waals surface area (Å²) < 4.78 is 73.5. The van der Waals surface area contributed by atoms with Crippen molar-refractivity contribution in [2.75, 3.05) is 49.9 Å². The fourth-order valence-corrected chi connectivity index (χ4v) is 6.48. The second kappa shape index (κ2) is 11.7. The van der Waals surface area contributed by atoms with E-state index in [2.05, 4.69) is 14.9 Å². The number of halogens is 1. The summed E-state index contributed by atoms with van der Waals surface area (Å²) in [5.41, 5.74) is 1.12. The third kappa shape index (κ3) is 7.12. The van der Waals surface area contributed by atoms with Crippen LogP contribution in [0.2, 0.25) is 0 Å². The molecule has 13 heteroatoms. The van der Waals surface area contributed by atoms with Crippen LogP contribution in [0.1, 0.15) is 5.56 Å². The number of hydrogen-bond acceptors (Lipinski definition) is 7. The predicted molar refractivity (Wildman–Crippen MR) is 145 cm³/mol. The van der Waals surface area contributed by atoms with Crippen LogP contribution in [-0.4, -0.2) is 71.8 Å². The molecule has 0 spiro atoms. The Hall–Kier alpha value is -3.52. The molecule has 0 radical (unpaired) electrons. The van der Waals surface area contributed by atoms with Gasteiger partial charge in [0.05, 0.1) is 9.79 Å². The quantitative estimate of drug-likeness (QED) is 0.401. The number of nitrogens with zero attached hydrogens (tertiary/aromatic N) is 2. The van der Waals surface area contributed by atoms with E-state index in [9.17, 15) is 26.0 Å². The van der Waals surface area contributed by atoms with Crippen molar-refractivity contribution in [3.8, 4) is 5.75 Å². The number of likely N-dealkylation sites (N-methyl/N-ethyl adjacent to an activating group) is 1. The van der Waals surface area contributed by atoms with Crippen LogP contribution >= 0.6 is 0 Å². The number of hydrogen-bond donors (Lipinski definition) is 2. The second-order valence-electron chi connectivity index (χ2n) is 9.11. The molecular weight excluding hydrogens is 547 g/mol. The van der Waals surface area contributed by atoms with E-state index in [1.807, 2.05) is 7.05 Å². The van der Waals surface area contributed by atoms with Crippen LogP contribution in [0.4, 0.5) is 15.8 Å². The highest BCUT2D eigenvalue weighted by molar-refractivity contribution is 7.92. The molecule has 0 unspecified atom stereocenters. The fraction of sp³-hybridized carbons (Fsp3) is 0.269. The van der Waals surface area contributed by atoms with Crippen LogP contribution in [-0.2, 0) is 24.8 Å². The zero-order chi connectivity index (χ0) is 28.2. The summed E-state index contributed by atoms with van der Waals surface area (Å²) in [7, 11) is -5.58. The maximum atomic E-state index is 13.1. The van der Waals surface area contributed by atoms with Gasteiger partial charge in [0.2, 0.25) is 10.0 Å². The molecule has 0 saturated carbocycles. The van der Waals surface area contributed by atoms with Crippen molar-refractivity contribution in [1.29, 1.82) is 0 Å². The Morgan fingerprint density at radius 3 is 2.08 bits per heavy atom. The largest absolute Gasteiger partial charge is 0.483 e. The zero-order valence-electron chi connectivity index (χ0n) is 21.4. The molecule has 1 heterocycles. The third-order valence-corrected chi connectivity index (χ3v) is 9.44. The molecule has 0 aromatic heterocycles. The zero-order valence-corrected chi connectivity index (χ0v) is 23.1. The number of sulfonamides is 2. The van der Waals surface area contributed by atoms with Crippen molar-refractivity contribution in [1.82, 2.24) is 9.21 Å². The van der Waals surface area contributed by atoms with Gasteiger partial charge < -0.3 is 15.0 Å². The number of aryl methyl sites for hydroxylation is 1. The number of ether oxygens (including phenoxy) is 1. The van der Waals surface area contributed by atoms with Gasteiger partial charge in [-0.15, -0.1) is 0 Å². The van der Waals surface area contributed by atoms with Gasteiger partial charge in [-0.05, 0) is 86.3 Å². The Balaban J connectivity index is 1.33. The molecule has 3 aromatic rings. The molecule has 10 nitrogen and oxygen atoms in total. The summed E-state index contributed by atoms with van der Waals surface area (Å²) in [6.45, 7) is 3.47. The van der Waals surface area contributed by atoms with E-state index in [0.717, 1.165) is 12.1 Å². The molecule has 0 atom stereocenters. The lowest BCUT2D eigenvalue weighted by atomic mass is 10.2. The summed E-state index contributed by atoms with van der Waals surface area (Å²) >= 11 is 0. The van der Waals surface area contributed by atoms with E-state index < -0.39 is 31.8 Å². The van der Waals surface area contributed by atoms with E-state index >= 15 is 0 Å². The molecule has 4 rings (SSSR count). The summed E-state index contributed by atoms with van der Waals surface area (Å²) in [4.78, 5) is 14.6. The maximum Gasteiger partial charge on any atom is 0.262 e. The molecule has 0 aliphatic carbocycles. The number of benzene rings is 3. The minimum Gasteiger partial charge on any atom is -0.483 e. The molecule has 1 saturated heterocycles. The highest BCUT2D eigenvalue weighted by Gasteiger charge is 2.27. The van der Waals surface area contributed by atoms with Crippen molar-refractivity contribution in [3.05, 3.63) is 78.1 Å². The maximum absolute atomic E-state index is 13.1. The van der Waals surface area contributed by atoms with E-state index in [1.165, 1.54) is 58.9 Å². The smallest absolute Gasteiger partial charge is 0.262 e. The number of amides is 1. The first kappa shape index (κ1) is 28.5. The van der Waals surface area contributed by atoms with E-state index in [0.29, 0.717) is 43.2 Å². The highest BCUT2D eigenvalue weighted by Crippen LogP contribution is 2.24. The summed E-state index contributed by atoms with van der Waals surface area (Å²) in [5, 5.41) is 2.65. The summed E-state index contributed by atoms with van der Waals surface area (Å²) in [6.07, 6.45) is 0. The molecule has 208 valence electrons. The number of nitrogens with one attached hydrogen (secondary N) is 2. The molecule has 1 amide bonds. The van der Waals surface area contributed by atoms with Gasteiger partial charge in [-0.2, -0.15) is 4.31 Å². The van der Waals surface area contributed by atoms with E-state index in [-0.39, 0.29) is 22.1 Å². The Morgan fingerprint density at radius 2 is 1.46 bits per heavy atom. The number of anilines is 2. The van der Waals surface area contributed by atoms with Gasteiger partial charge in [-0.1, -0.05) is 0 Å². The van der Waals surface area contributed by atoms with Crippen LogP contribution in [0.15, 0.2) is 76.5 Å². The standard InChI is InChI=1S/C26H29FN4O6S2/c1-19-17-24(38(33,34)29-22-5-3-20(27)4-6-22)11-12-25(19)37-18-26(32)28-21-7-9-23(10-8-21)39(35,36)31-15-13-30(2)14-16-31/h3-12,17,29H,13-16,18H2,1-2H3,(H,28,32). The molecule has 1 fully saturated rings. The highest BCUT2D eigenvalue weighted by atomic mass is 32.2. The second-order valence-corrected chi connectivity index (χ2v) is 12.7. The van der Waals surface area contributed by atoms with Gasteiger partial charge in [0, 0.05) is 37.6 Å². The first-order valence-electron chi connectivity index (χ1n) is 12.0. The van der Waals surface area contributed by atoms with Crippen molar-refractivity contribution >= 4 is 37.3 Å². The molecular formula is C26H29FN4O6S2. The number of rotatable bonds is 9. The number of carbonyl (C=O) groups is 1. The molecule has 39 heavy (non-hydrogen) atoms. The van der Waals surface area contributed by atoms with Gasteiger partial charge in [0.1, 0.15) is 11.6 Å². The lowest BCUT2D eigenvalue weighted by Crippen LogP contribution is -2.46. The van der Waals surface area contributed by atoms with Gasteiger partial charge in [-0.25, -0.2) is 21.2 Å². The van der Waals surface area contributed by atoms with Gasteiger partial charge in [-0.3, -0.25) is 9.52 Å². The van der Waals surface area contributed by atoms with E-state index in [4.69, 9.17) is 4.74 Å². The Labute approximate surface area is 227 Å². The van der Waals surface area contributed by atoms with Crippen LogP contribution in [0, 0.1) is 12.7 Å². The molecule has 3 aromatic carbocycles. The molecule has 2 N–H and O–H groups in total. The average Bonchev–Trinajstić information content (AvgIpc) is 2.90. The van der Waals surface area contributed by atoms with Gasteiger partial charge in [0.25, 0.3) is 15.9 Å². The summed E-state index contributed by atoms with van der Waals surface area (Å²) in [6, 6.07) is 15.0. The number of carbonyl (C=O) groups excluding carboxylic acids is 1. The van der Waals surface area contributed by atoms with Crippen molar-refractivity contribution in [2.45, 2.75) is 16.7 Å². The third-order valence-electron chi connectivity index (χ3n) is 6.15. The Kier molecular flexibility index (Phi) is 8.54. The SMILES string of the molecule is Cc1cc(S(=O)(=O)Nc2ccc(F)cc2)ccc1OCC(=O)Nc1ccc(S(=O)(=O)N2CCN(C)CC2)cc1. The van der Waals surface area contributed by atoms with Gasteiger partial charge in [0.15, 0.2) is 6.61 Å². The topological polar surface area (TPSA) is 125 Å². The van der Waals surface area contributed by atoms with Crippen molar-refractivity contribution < 1.29 is 30.8 Å². The van der Waals surface area contributed by atoms with Crippen LogP contribution in [0.25, 0.3) is 0 Å². The molecule has 0 bridgehead atoms. The van der Waals surface area contributed by atoms with Crippen LogP contribution in [0.5, 0.6) is 5.75 Å². The monoisotopic (exact) mass is 576 g/mol. The van der Waals surface area contributed by atoms with Gasteiger partial charge >= 0.3 is 0 Å². The number of piperazine rings is 1. The normalized spacial score (nSPS) is 15.1. The first-order chi connectivity index (χ1) is 18.4. The minimum atomic E-state index is -3.92. The molecule has 1 aliphatic heterocycles. The fourth-order valence-electron chi connectivity index (χ4n) is 3.91. The average molecular weight is 577 g/mol. The van der Waals surface area contributed by atoms with Crippen molar-refractivity contribution in [3.63, 3.8) is 0 Å². The first-order valence-corrected chi connectivity index (χ1v) is 15.0. The van der Waals surface area contributed by atoms with Crippen LogP contribution in [0.3, 0.4) is 0 Å². The van der Waals surface area contributed by atoms with Crippen LogP contribution < -0.4 is 14.8 Å². The Bertz CT molecular complexity index is 1540. The van der Waals surface area contributed by atoms with E-state index in [1.54, 1.807) is 6.92 Å². The lowest BCUT2D eigenvalue weighted by molar-refractivity contribution is -0.118. The molecule has 1 aliphatic rings.